The van der Waals surface area contributed by atoms with Gasteiger partial charge in [-0.2, -0.15) is 26.3 Å². The van der Waals surface area contributed by atoms with E-state index in [1.54, 1.807) is 5.38 Å². The molecule has 0 bridgehead atoms. The van der Waals surface area contributed by atoms with E-state index >= 15 is 0 Å². The van der Waals surface area contributed by atoms with Gasteiger partial charge in [-0.1, -0.05) is 23.4 Å². The highest BCUT2D eigenvalue weighted by Gasteiger charge is 2.37. The molecule has 3 aromatic heterocycles. The van der Waals surface area contributed by atoms with E-state index in [0.29, 0.717) is 17.8 Å². The zero-order valence-corrected chi connectivity index (χ0v) is 21.2. The first-order valence-corrected chi connectivity index (χ1v) is 12.7. The molecule has 0 atom stereocenters. The van der Waals surface area contributed by atoms with Crippen LogP contribution in [0.15, 0.2) is 76.7 Å². The molecule has 0 unspecified atom stereocenters. The van der Waals surface area contributed by atoms with Gasteiger partial charge in [0.25, 0.3) is 0 Å². The number of halogens is 6. The number of benzene rings is 3. The minimum absolute atomic E-state index is 0.0269. The predicted molar refractivity (Wildman–Crippen MR) is 139 cm³/mol. The van der Waals surface area contributed by atoms with E-state index in [9.17, 15) is 31.1 Å². The number of hydrogen-bond donors (Lipinski definition) is 1. The lowest BCUT2D eigenvalue weighted by atomic mass is 10.0. The molecule has 3 aromatic carbocycles. The van der Waals surface area contributed by atoms with Crippen LogP contribution in [-0.2, 0) is 23.7 Å². The van der Waals surface area contributed by atoms with E-state index in [1.807, 2.05) is 42.5 Å². The number of nitrogens with zero attached hydrogens (tertiary/aromatic N) is 4. The van der Waals surface area contributed by atoms with Crippen LogP contribution in [0.2, 0.25) is 0 Å². The van der Waals surface area contributed by atoms with Crippen molar-refractivity contribution < 1.29 is 35.6 Å². The molecular weight excluding hydrogens is 572 g/mol. The molecule has 0 aliphatic heterocycles. The van der Waals surface area contributed by atoms with Crippen LogP contribution in [0.4, 0.5) is 31.5 Å². The fraction of sp³-hybridized carbons (Fsp3) is 0.111. The third kappa shape index (κ3) is 5.37. The maximum absolute atomic E-state index is 13.2. The summed E-state index contributed by atoms with van der Waals surface area (Å²) in [6.07, 6.45) is -8.92. The molecule has 0 radical (unpaired) electrons. The predicted octanol–water partition coefficient (Wildman–Crippen LogP) is 7.64. The molecule has 0 fully saturated rings. The Balaban J connectivity index is 1.18. The van der Waals surface area contributed by atoms with Gasteiger partial charge in [0.15, 0.2) is 5.13 Å². The lowest BCUT2D eigenvalue weighted by Crippen LogP contribution is -2.19. The van der Waals surface area contributed by atoms with Crippen LogP contribution in [0.1, 0.15) is 11.1 Å². The van der Waals surface area contributed by atoms with Crippen molar-refractivity contribution in [3.05, 3.63) is 83.4 Å². The minimum Gasteiger partial charge on any atom is -0.456 e. The molecule has 0 spiro atoms. The third-order valence-corrected chi connectivity index (χ3v) is 6.91. The van der Waals surface area contributed by atoms with Crippen LogP contribution in [-0.4, -0.2) is 25.9 Å². The monoisotopic (exact) mass is 587 g/mol. The van der Waals surface area contributed by atoms with Crippen LogP contribution in [0.5, 0.6) is 0 Å². The number of furan rings is 1. The molecule has 1 amide bonds. The summed E-state index contributed by atoms with van der Waals surface area (Å²) in [5.41, 5.74) is -0.740. The van der Waals surface area contributed by atoms with Gasteiger partial charge < -0.3 is 9.73 Å². The van der Waals surface area contributed by atoms with Gasteiger partial charge in [0.2, 0.25) is 5.91 Å². The molecular formula is C27H15F6N5O2S. The second-order valence-corrected chi connectivity index (χ2v) is 9.85. The first-order chi connectivity index (χ1) is 19.4. The van der Waals surface area contributed by atoms with E-state index in [2.05, 4.69) is 20.6 Å². The van der Waals surface area contributed by atoms with Gasteiger partial charge in [0, 0.05) is 27.3 Å². The second-order valence-electron chi connectivity index (χ2n) is 8.99. The normalized spacial score (nSPS) is 12.3. The summed E-state index contributed by atoms with van der Waals surface area (Å²) in [5, 5.41) is 13.9. The van der Waals surface area contributed by atoms with E-state index in [4.69, 9.17) is 4.42 Å². The van der Waals surface area contributed by atoms with E-state index in [0.717, 1.165) is 38.4 Å². The van der Waals surface area contributed by atoms with Crippen molar-refractivity contribution in [2.45, 2.75) is 18.9 Å². The fourth-order valence-corrected chi connectivity index (χ4v) is 5.00. The van der Waals surface area contributed by atoms with Crippen LogP contribution in [0.25, 0.3) is 44.5 Å². The Kier molecular flexibility index (Phi) is 6.29. The topological polar surface area (TPSA) is 85.8 Å². The summed E-state index contributed by atoms with van der Waals surface area (Å²) in [7, 11) is 0. The first-order valence-electron chi connectivity index (χ1n) is 11.8. The molecule has 7 nitrogen and oxygen atoms in total. The van der Waals surface area contributed by atoms with Crippen molar-refractivity contribution in [1.82, 2.24) is 20.0 Å². The van der Waals surface area contributed by atoms with Gasteiger partial charge in [-0.3, -0.25) is 4.79 Å². The molecule has 208 valence electrons. The lowest BCUT2D eigenvalue weighted by molar-refractivity contribution is -0.143. The maximum Gasteiger partial charge on any atom is 0.416 e. The quantitative estimate of drug-likeness (QED) is 0.210. The van der Waals surface area contributed by atoms with Crippen molar-refractivity contribution in [2.75, 3.05) is 5.32 Å². The average molecular weight is 588 g/mol. The second kappa shape index (κ2) is 9.73. The Morgan fingerprint density at radius 3 is 2.29 bits per heavy atom. The number of rotatable bonds is 5. The van der Waals surface area contributed by atoms with Gasteiger partial charge in [-0.25, -0.2) is 9.67 Å². The Bertz CT molecular complexity index is 1890. The molecule has 0 saturated heterocycles. The zero-order chi connectivity index (χ0) is 28.9. The summed E-state index contributed by atoms with van der Waals surface area (Å²) in [4.78, 5) is 17.0. The number of nitrogens with one attached hydrogen (secondary N) is 1. The molecule has 6 rings (SSSR count). The molecule has 3 heterocycles. The Morgan fingerprint density at radius 2 is 1.56 bits per heavy atom. The highest BCUT2D eigenvalue weighted by molar-refractivity contribution is 7.14. The van der Waals surface area contributed by atoms with Gasteiger partial charge in [0.1, 0.15) is 23.4 Å². The Labute approximate surface area is 230 Å². The Hall–Kier alpha value is -4.72. The molecule has 6 aromatic rings. The number of amides is 1. The third-order valence-electron chi connectivity index (χ3n) is 6.15. The van der Waals surface area contributed by atoms with Crippen molar-refractivity contribution in [1.29, 1.82) is 0 Å². The number of hydrogen-bond acceptors (Lipinski definition) is 6. The van der Waals surface area contributed by atoms with E-state index < -0.39 is 41.5 Å². The molecule has 0 aliphatic carbocycles. The number of carbonyl (C=O) groups excluding carboxylic acids is 1. The van der Waals surface area contributed by atoms with Gasteiger partial charge in [0.05, 0.1) is 23.0 Å². The number of alkyl halides is 6. The van der Waals surface area contributed by atoms with Gasteiger partial charge >= 0.3 is 12.4 Å². The fourth-order valence-electron chi connectivity index (χ4n) is 4.27. The smallest absolute Gasteiger partial charge is 0.416 e. The van der Waals surface area contributed by atoms with Gasteiger partial charge in [-0.15, -0.1) is 16.4 Å². The van der Waals surface area contributed by atoms with E-state index in [1.165, 1.54) is 11.3 Å². The SMILES string of the molecule is O=C(Cn1cc(-c2cc(C(F)(F)F)cc(C(F)(F)F)c2)nn1)Nc1nc(-c2ccc3oc4ccccc4c3c2)cs1. The van der Waals surface area contributed by atoms with Crippen LogP contribution in [0, 0.1) is 0 Å². The summed E-state index contributed by atoms with van der Waals surface area (Å²) >= 11 is 1.18. The van der Waals surface area contributed by atoms with Gasteiger partial charge in [-0.05, 0) is 42.5 Å². The number of anilines is 1. The number of fused-ring (bicyclic) bond motifs is 3. The highest BCUT2D eigenvalue weighted by atomic mass is 32.1. The molecule has 1 N–H and O–H groups in total. The zero-order valence-electron chi connectivity index (χ0n) is 20.4. The largest absolute Gasteiger partial charge is 0.456 e. The van der Waals surface area contributed by atoms with Crippen LogP contribution >= 0.6 is 11.3 Å². The summed E-state index contributed by atoms with van der Waals surface area (Å²) in [5.74, 6) is -0.571. The van der Waals surface area contributed by atoms with Crippen LogP contribution in [0.3, 0.4) is 0 Å². The summed E-state index contributed by atoms with van der Waals surface area (Å²) in [6, 6.07) is 14.4. The van der Waals surface area contributed by atoms with Crippen molar-refractivity contribution in [3.63, 3.8) is 0 Å². The number of thiazole rings is 1. The minimum atomic E-state index is -5.00. The number of aromatic nitrogens is 4. The van der Waals surface area contributed by atoms with Crippen LogP contribution < -0.4 is 5.32 Å². The molecule has 14 heteroatoms. The molecule has 0 saturated carbocycles. The molecule has 41 heavy (non-hydrogen) atoms. The summed E-state index contributed by atoms with van der Waals surface area (Å²) in [6.45, 7) is -0.403. The first kappa shape index (κ1) is 26.5. The summed E-state index contributed by atoms with van der Waals surface area (Å²) < 4.78 is 86.0. The maximum atomic E-state index is 13.2. The molecule has 0 aliphatic rings. The van der Waals surface area contributed by atoms with Crippen molar-refractivity contribution >= 4 is 44.3 Å². The Morgan fingerprint density at radius 1 is 0.854 bits per heavy atom. The lowest BCUT2D eigenvalue weighted by Gasteiger charge is -2.13. The number of carbonyl (C=O) groups is 1. The van der Waals surface area contributed by atoms with Crippen molar-refractivity contribution in [2.24, 2.45) is 0 Å². The van der Waals surface area contributed by atoms with E-state index in [-0.39, 0.29) is 16.9 Å². The number of para-hydroxylation sites is 1. The average Bonchev–Trinajstić information content (AvgIpc) is 3.66. The standard InChI is InChI=1S/C27H15F6N5O2S/c28-26(29,30)16-7-15(8-17(10-16)27(31,32)33)20-11-38(37-36-20)12-24(39)35-25-34-21(13-41-25)14-5-6-23-19(9-14)18-3-1-2-4-22(18)40-23/h1-11,13H,12H2,(H,34,35,39). The van der Waals surface area contributed by atoms with Crippen molar-refractivity contribution in [3.8, 4) is 22.5 Å². The highest BCUT2D eigenvalue weighted by Crippen LogP contribution is 2.38.